The predicted octanol–water partition coefficient (Wildman–Crippen LogP) is 3.30. The average molecular weight is 392 g/mol. The monoisotopic (exact) mass is 392 g/mol. The largest absolute Gasteiger partial charge is 0.306 e. The third-order valence-corrected chi connectivity index (χ3v) is 4.85. The zero-order valence-electron chi connectivity index (χ0n) is 16.0. The Morgan fingerprint density at radius 2 is 2.17 bits per heavy atom. The van der Waals surface area contributed by atoms with E-state index >= 15 is 0 Å². The van der Waals surface area contributed by atoms with Crippen molar-refractivity contribution >= 4 is 11.7 Å². The number of carbonyl (C=O) groups is 1. The third-order valence-electron chi connectivity index (χ3n) is 4.85. The number of hydrogen-bond acceptors (Lipinski definition) is 6. The van der Waals surface area contributed by atoms with E-state index in [-0.39, 0.29) is 17.8 Å². The van der Waals surface area contributed by atoms with E-state index in [9.17, 15) is 9.18 Å². The van der Waals surface area contributed by atoms with Gasteiger partial charge in [0, 0.05) is 30.7 Å². The molecule has 0 saturated carbocycles. The highest BCUT2D eigenvalue weighted by Gasteiger charge is 2.29. The first-order valence-electron chi connectivity index (χ1n) is 9.50. The molecule has 0 bridgehead atoms. The van der Waals surface area contributed by atoms with Gasteiger partial charge in [0.1, 0.15) is 17.5 Å². The second-order valence-corrected chi connectivity index (χ2v) is 7.04. The summed E-state index contributed by atoms with van der Waals surface area (Å²) >= 11 is 0. The number of nitrogens with zero attached hydrogens (tertiary/aromatic N) is 5. The van der Waals surface area contributed by atoms with Crippen molar-refractivity contribution in [2.75, 3.05) is 11.9 Å². The maximum atomic E-state index is 13.1. The van der Waals surface area contributed by atoms with E-state index in [1.54, 1.807) is 30.5 Å². The van der Waals surface area contributed by atoms with Gasteiger partial charge >= 0.3 is 0 Å². The van der Waals surface area contributed by atoms with Gasteiger partial charge in [-0.05, 0) is 50.6 Å². The molecular formula is C21H21FN6O. The number of carbonyl (C=O) groups excluding carboxylic acids is 1. The third kappa shape index (κ3) is 4.60. The number of likely N-dealkylation sites (tertiary alicyclic amines) is 1. The first kappa shape index (κ1) is 19.1. The molecule has 7 nitrogen and oxygen atoms in total. The van der Waals surface area contributed by atoms with Gasteiger partial charge in [-0.15, -0.1) is 0 Å². The number of halogens is 1. The average Bonchev–Trinajstić information content (AvgIpc) is 3.18. The number of aromatic nitrogens is 4. The van der Waals surface area contributed by atoms with Gasteiger partial charge in [-0.25, -0.2) is 14.4 Å². The lowest BCUT2D eigenvalue weighted by atomic mass is 10.2. The Labute approximate surface area is 168 Å². The molecule has 0 aliphatic carbocycles. The second kappa shape index (κ2) is 8.40. The number of rotatable bonds is 5. The summed E-state index contributed by atoms with van der Waals surface area (Å²) in [6, 6.07) is 8.30. The number of amides is 1. The molecule has 8 heteroatoms. The first-order chi connectivity index (χ1) is 14.1. The number of pyridine rings is 2. The molecule has 1 fully saturated rings. The van der Waals surface area contributed by atoms with Crippen LogP contribution in [0.4, 0.5) is 10.2 Å². The van der Waals surface area contributed by atoms with Crippen molar-refractivity contribution in [2.45, 2.75) is 32.4 Å². The van der Waals surface area contributed by atoms with E-state index in [0.29, 0.717) is 23.8 Å². The zero-order valence-corrected chi connectivity index (χ0v) is 16.0. The summed E-state index contributed by atoms with van der Waals surface area (Å²) in [4.78, 5) is 32.0. The van der Waals surface area contributed by atoms with Crippen molar-refractivity contribution in [3.63, 3.8) is 0 Å². The van der Waals surface area contributed by atoms with Crippen LogP contribution in [-0.2, 0) is 6.54 Å². The molecule has 4 heterocycles. The first-order valence-corrected chi connectivity index (χ1v) is 9.50. The molecule has 148 valence electrons. The molecule has 3 aromatic heterocycles. The molecule has 1 N–H and O–H groups in total. The van der Waals surface area contributed by atoms with E-state index in [1.807, 2.05) is 6.92 Å². The predicted molar refractivity (Wildman–Crippen MR) is 106 cm³/mol. The molecule has 1 aliphatic rings. The minimum absolute atomic E-state index is 0.0239. The summed E-state index contributed by atoms with van der Waals surface area (Å²) in [5.74, 6) is 0.530. The molecule has 1 saturated heterocycles. The van der Waals surface area contributed by atoms with E-state index in [1.165, 1.54) is 18.5 Å². The molecule has 1 amide bonds. The topological polar surface area (TPSA) is 83.9 Å². The number of hydrogen-bond donors (Lipinski definition) is 1. The molecule has 1 atom stereocenters. The molecule has 0 radical (unpaired) electrons. The van der Waals surface area contributed by atoms with E-state index < -0.39 is 0 Å². The molecule has 3 aromatic rings. The molecule has 0 aromatic carbocycles. The minimum Gasteiger partial charge on any atom is -0.306 e. The lowest BCUT2D eigenvalue weighted by molar-refractivity contribution is 0.102. The van der Waals surface area contributed by atoms with E-state index in [0.717, 1.165) is 30.8 Å². The standard InChI is InChI=1S/C21H21FN6O/c1-14-10-19(27-21(29)15-4-2-8-23-11-15)26-20(25-14)18-5-3-9-28(18)13-17-7-6-16(22)12-24-17/h2,4,6-8,10-12,18H,3,5,9,13H2,1H3,(H,25,26,27,29). The van der Waals surface area contributed by atoms with Crippen LogP contribution in [0.25, 0.3) is 0 Å². The van der Waals surface area contributed by atoms with Crippen molar-refractivity contribution in [2.24, 2.45) is 0 Å². The minimum atomic E-state index is -0.345. The zero-order chi connectivity index (χ0) is 20.2. The molecule has 1 aliphatic heterocycles. The fourth-order valence-electron chi connectivity index (χ4n) is 3.51. The maximum Gasteiger partial charge on any atom is 0.258 e. The lowest BCUT2D eigenvalue weighted by Gasteiger charge is -2.23. The van der Waals surface area contributed by atoms with Crippen molar-refractivity contribution in [1.82, 2.24) is 24.8 Å². The van der Waals surface area contributed by atoms with E-state index in [2.05, 4.69) is 30.2 Å². The summed E-state index contributed by atoms with van der Waals surface area (Å²) in [7, 11) is 0. The van der Waals surface area contributed by atoms with Crippen molar-refractivity contribution in [3.8, 4) is 0 Å². The summed E-state index contributed by atoms with van der Waals surface area (Å²) in [5, 5.41) is 2.83. The van der Waals surface area contributed by atoms with Gasteiger partial charge in [-0.3, -0.25) is 19.7 Å². The van der Waals surface area contributed by atoms with Gasteiger partial charge in [-0.2, -0.15) is 0 Å². The van der Waals surface area contributed by atoms with Crippen molar-refractivity contribution in [1.29, 1.82) is 0 Å². The SMILES string of the molecule is Cc1cc(NC(=O)c2cccnc2)nc(C2CCCN2Cc2ccc(F)cn2)n1. The lowest BCUT2D eigenvalue weighted by Crippen LogP contribution is -2.25. The van der Waals surface area contributed by atoms with E-state index in [4.69, 9.17) is 0 Å². The van der Waals surface area contributed by atoms with Crippen LogP contribution in [0.15, 0.2) is 48.9 Å². The van der Waals surface area contributed by atoms with Crippen molar-refractivity contribution in [3.05, 3.63) is 77.5 Å². The van der Waals surface area contributed by atoms with Crippen LogP contribution in [0.5, 0.6) is 0 Å². The highest BCUT2D eigenvalue weighted by molar-refractivity contribution is 6.03. The van der Waals surface area contributed by atoms with Crippen LogP contribution >= 0.6 is 0 Å². The summed E-state index contributed by atoms with van der Waals surface area (Å²) < 4.78 is 13.1. The van der Waals surface area contributed by atoms with Crippen LogP contribution in [-0.4, -0.2) is 37.3 Å². The van der Waals surface area contributed by atoms with Gasteiger partial charge in [0.25, 0.3) is 5.91 Å². The highest BCUT2D eigenvalue weighted by Crippen LogP contribution is 2.31. The van der Waals surface area contributed by atoms with Crippen LogP contribution < -0.4 is 5.32 Å². The fraction of sp³-hybridized carbons (Fsp3) is 0.286. The molecular weight excluding hydrogens is 371 g/mol. The number of nitrogens with one attached hydrogen (secondary N) is 1. The number of anilines is 1. The molecule has 29 heavy (non-hydrogen) atoms. The Morgan fingerprint density at radius 1 is 1.28 bits per heavy atom. The normalized spacial score (nSPS) is 16.7. The van der Waals surface area contributed by atoms with Crippen molar-refractivity contribution < 1.29 is 9.18 Å². The fourth-order valence-corrected chi connectivity index (χ4v) is 3.51. The Kier molecular flexibility index (Phi) is 5.53. The molecule has 0 spiro atoms. The Hall–Kier alpha value is -3.26. The maximum absolute atomic E-state index is 13.1. The van der Waals surface area contributed by atoms with Gasteiger partial charge in [0.2, 0.25) is 0 Å². The Balaban J connectivity index is 1.53. The van der Waals surface area contributed by atoms with Gasteiger partial charge < -0.3 is 5.32 Å². The van der Waals surface area contributed by atoms with Gasteiger partial charge in [0.15, 0.2) is 0 Å². The second-order valence-electron chi connectivity index (χ2n) is 7.04. The molecule has 1 unspecified atom stereocenters. The van der Waals surface area contributed by atoms with Gasteiger partial charge in [0.05, 0.1) is 23.5 Å². The molecule has 4 rings (SSSR count). The Morgan fingerprint density at radius 3 is 2.93 bits per heavy atom. The van der Waals surface area contributed by atoms with Gasteiger partial charge in [-0.1, -0.05) is 0 Å². The highest BCUT2D eigenvalue weighted by atomic mass is 19.1. The quantitative estimate of drug-likeness (QED) is 0.717. The smallest absolute Gasteiger partial charge is 0.258 e. The van der Waals surface area contributed by atoms with Crippen LogP contribution in [0.1, 0.15) is 46.5 Å². The number of aryl methyl sites for hydroxylation is 1. The van der Waals surface area contributed by atoms with Crippen LogP contribution in [0.3, 0.4) is 0 Å². The summed E-state index contributed by atoms with van der Waals surface area (Å²) in [6.45, 7) is 3.36. The summed E-state index contributed by atoms with van der Waals surface area (Å²) in [6.07, 6.45) is 6.30. The summed E-state index contributed by atoms with van der Waals surface area (Å²) in [5.41, 5.74) is 2.05. The Bertz CT molecular complexity index is 996. The van der Waals surface area contributed by atoms with Crippen LogP contribution in [0, 0.1) is 12.7 Å². The van der Waals surface area contributed by atoms with Crippen LogP contribution in [0.2, 0.25) is 0 Å².